The van der Waals surface area contributed by atoms with Gasteiger partial charge in [-0.05, 0) is 32.0 Å². The molecule has 148 valence electrons. The lowest BCUT2D eigenvalue weighted by Gasteiger charge is -2.01. The summed E-state index contributed by atoms with van der Waals surface area (Å²) in [5.41, 5.74) is 3.71. The number of aromatic amines is 1. The predicted molar refractivity (Wildman–Crippen MR) is 107 cm³/mol. The third-order valence-electron chi connectivity index (χ3n) is 4.18. The highest BCUT2D eigenvalue weighted by Crippen LogP contribution is 2.28. The van der Waals surface area contributed by atoms with Crippen LogP contribution in [0.15, 0.2) is 52.4 Å². The highest BCUT2D eigenvalue weighted by molar-refractivity contribution is 5.81. The quantitative estimate of drug-likeness (QED) is 0.371. The average molecular weight is 396 g/mol. The van der Waals surface area contributed by atoms with Crippen LogP contribution in [0.3, 0.4) is 0 Å². The molecule has 0 radical (unpaired) electrons. The van der Waals surface area contributed by atoms with Crippen LogP contribution in [0.4, 0.5) is 17.1 Å². The zero-order valence-corrected chi connectivity index (χ0v) is 15.4. The standard InChI is InChI=1S/C18H16N6O5/c1-11-3-5-13(6-4-11)22-18(25)15(12(2)21-22)10-19-20-16-8-7-14(23(26)27)9-17(16)24(28)29/h3-10,20-21H,1-2H3. The van der Waals surface area contributed by atoms with E-state index in [9.17, 15) is 25.0 Å². The van der Waals surface area contributed by atoms with Gasteiger partial charge in [0.15, 0.2) is 0 Å². The fourth-order valence-electron chi connectivity index (χ4n) is 2.63. The summed E-state index contributed by atoms with van der Waals surface area (Å²) < 4.78 is 1.37. The minimum atomic E-state index is -0.753. The van der Waals surface area contributed by atoms with Gasteiger partial charge in [-0.2, -0.15) is 5.10 Å². The molecule has 0 saturated heterocycles. The summed E-state index contributed by atoms with van der Waals surface area (Å²) in [6, 6.07) is 10.5. The van der Waals surface area contributed by atoms with Crippen molar-refractivity contribution < 1.29 is 9.85 Å². The summed E-state index contributed by atoms with van der Waals surface area (Å²) >= 11 is 0. The second-order valence-electron chi connectivity index (χ2n) is 6.21. The second-order valence-corrected chi connectivity index (χ2v) is 6.21. The molecular formula is C18H16N6O5. The smallest absolute Gasteiger partial charge is 0.295 e. The van der Waals surface area contributed by atoms with E-state index in [2.05, 4.69) is 15.6 Å². The molecule has 1 heterocycles. The Hall–Kier alpha value is -4.28. The van der Waals surface area contributed by atoms with Crippen molar-refractivity contribution >= 4 is 23.3 Å². The van der Waals surface area contributed by atoms with Crippen molar-refractivity contribution in [3.8, 4) is 5.69 Å². The maximum absolute atomic E-state index is 12.6. The number of aromatic nitrogens is 2. The van der Waals surface area contributed by atoms with E-state index in [1.807, 2.05) is 19.1 Å². The summed E-state index contributed by atoms with van der Waals surface area (Å²) in [6.45, 7) is 3.63. The summed E-state index contributed by atoms with van der Waals surface area (Å²) in [5, 5.41) is 28.8. The molecule has 2 aromatic carbocycles. The van der Waals surface area contributed by atoms with Crippen LogP contribution in [0.5, 0.6) is 0 Å². The van der Waals surface area contributed by atoms with E-state index in [-0.39, 0.29) is 16.8 Å². The van der Waals surface area contributed by atoms with Crippen LogP contribution in [0, 0.1) is 34.1 Å². The largest absolute Gasteiger partial charge is 0.301 e. The molecular weight excluding hydrogens is 380 g/mol. The summed E-state index contributed by atoms with van der Waals surface area (Å²) in [5.74, 6) is 0. The number of hydrogen-bond acceptors (Lipinski definition) is 7. The molecule has 0 spiro atoms. The van der Waals surface area contributed by atoms with Gasteiger partial charge in [0.1, 0.15) is 5.69 Å². The van der Waals surface area contributed by atoms with E-state index in [1.165, 1.54) is 17.0 Å². The van der Waals surface area contributed by atoms with Crippen LogP contribution >= 0.6 is 0 Å². The zero-order valence-electron chi connectivity index (χ0n) is 15.4. The highest BCUT2D eigenvalue weighted by Gasteiger charge is 2.19. The second kappa shape index (κ2) is 7.76. The zero-order chi connectivity index (χ0) is 21.1. The molecule has 0 fully saturated rings. The molecule has 29 heavy (non-hydrogen) atoms. The van der Waals surface area contributed by atoms with Gasteiger partial charge in [-0.3, -0.25) is 35.5 Å². The van der Waals surface area contributed by atoms with Gasteiger partial charge >= 0.3 is 5.69 Å². The number of nitrogens with zero attached hydrogens (tertiary/aromatic N) is 4. The van der Waals surface area contributed by atoms with Gasteiger partial charge in [0.25, 0.3) is 11.2 Å². The topological polar surface area (TPSA) is 148 Å². The average Bonchev–Trinajstić information content (AvgIpc) is 2.96. The summed E-state index contributed by atoms with van der Waals surface area (Å²) in [4.78, 5) is 33.1. The van der Waals surface area contributed by atoms with Crippen molar-refractivity contribution in [1.82, 2.24) is 9.78 Å². The van der Waals surface area contributed by atoms with Crippen molar-refractivity contribution in [1.29, 1.82) is 0 Å². The van der Waals surface area contributed by atoms with E-state index in [1.54, 1.807) is 19.1 Å². The van der Waals surface area contributed by atoms with Gasteiger partial charge in [0.2, 0.25) is 0 Å². The van der Waals surface area contributed by atoms with Crippen molar-refractivity contribution in [2.45, 2.75) is 13.8 Å². The van der Waals surface area contributed by atoms with Crippen LogP contribution in [-0.2, 0) is 0 Å². The number of rotatable bonds is 6. The molecule has 0 bridgehead atoms. The van der Waals surface area contributed by atoms with Gasteiger partial charge < -0.3 is 0 Å². The molecule has 11 nitrogen and oxygen atoms in total. The van der Waals surface area contributed by atoms with E-state index < -0.39 is 21.2 Å². The van der Waals surface area contributed by atoms with E-state index >= 15 is 0 Å². The van der Waals surface area contributed by atoms with Crippen LogP contribution in [-0.4, -0.2) is 25.8 Å². The lowest BCUT2D eigenvalue weighted by atomic mass is 10.2. The Labute approximate surface area is 163 Å². The Bertz CT molecular complexity index is 1180. The third-order valence-corrected chi connectivity index (χ3v) is 4.18. The summed E-state index contributed by atoms with van der Waals surface area (Å²) in [6.07, 6.45) is 1.24. The Morgan fingerprint density at radius 1 is 1.07 bits per heavy atom. The van der Waals surface area contributed by atoms with Crippen LogP contribution in [0.2, 0.25) is 0 Å². The number of H-pyrrole nitrogens is 1. The molecule has 1 aromatic heterocycles. The molecule has 0 amide bonds. The maximum atomic E-state index is 12.6. The number of hydrogen-bond donors (Lipinski definition) is 2. The number of non-ortho nitro benzene ring substituents is 1. The molecule has 0 aliphatic rings. The maximum Gasteiger partial charge on any atom is 0.301 e. The molecule has 11 heteroatoms. The molecule has 0 aliphatic heterocycles. The van der Waals surface area contributed by atoms with Crippen LogP contribution in [0.25, 0.3) is 5.69 Å². The number of anilines is 1. The number of aryl methyl sites for hydroxylation is 2. The lowest BCUT2D eigenvalue weighted by molar-refractivity contribution is -0.393. The van der Waals surface area contributed by atoms with E-state index in [0.29, 0.717) is 11.4 Å². The van der Waals surface area contributed by atoms with Crippen molar-refractivity contribution in [2.24, 2.45) is 5.10 Å². The first-order valence-corrected chi connectivity index (χ1v) is 8.38. The van der Waals surface area contributed by atoms with Gasteiger partial charge in [-0.15, -0.1) is 0 Å². The Balaban J connectivity index is 1.88. The Kier molecular flexibility index (Phi) is 5.21. The van der Waals surface area contributed by atoms with Crippen LogP contribution in [0.1, 0.15) is 16.8 Å². The number of nitro groups is 2. The summed E-state index contributed by atoms with van der Waals surface area (Å²) in [7, 11) is 0. The highest BCUT2D eigenvalue weighted by atomic mass is 16.6. The molecule has 0 aliphatic carbocycles. The third kappa shape index (κ3) is 4.03. The number of nitrogens with one attached hydrogen (secondary N) is 2. The van der Waals surface area contributed by atoms with E-state index in [4.69, 9.17) is 0 Å². The van der Waals surface area contributed by atoms with Crippen molar-refractivity contribution in [3.05, 3.63) is 89.9 Å². The normalized spacial score (nSPS) is 11.0. The molecule has 0 saturated carbocycles. The van der Waals surface area contributed by atoms with Gasteiger partial charge in [0, 0.05) is 11.8 Å². The van der Waals surface area contributed by atoms with E-state index in [0.717, 1.165) is 17.7 Å². The minimum absolute atomic E-state index is 0.0381. The molecule has 3 aromatic rings. The molecule has 2 N–H and O–H groups in total. The minimum Gasteiger partial charge on any atom is -0.295 e. The van der Waals surface area contributed by atoms with Gasteiger partial charge in [0.05, 0.1) is 33.4 Å². The molecule has 0 atom stereocenters. The SMILES string of the molecule is Cc1ccc(-n2[nH]c(C)c(C=NNc3ccc([N+](=O)[O-])cc3[N+](=O)[O-])c2=O)cc1. The number of nitro benzene ring substituents is 2. The number of hydrazone groups is 1. The van der Waals surface area contributed by atoms with Crippen molar-refractivity contribution in [3.63, 3.8) is 0 Å². The Morgan fingerprint density at radius 3 is 2.38 bits per heavy atom. The van der Waals surface area contributed by atoms with Gasteiger partial charge in [-0.25, -0.2) is 4.68 Å². The van der Waals surface area contributed by atoms with Gasteiger partial charge in [-0.1, -0.05) is 17.7 Å². The Morgan fingerprint density at radius 2 is 1.76 bits per heavy atom. The predicted octanol–water partition coefficient (Wildman–Crippen LogP) is 3.04. The van der Waals surface area contributed by atoms with Crippen molar-refractivity contribution in [2.75, 3.05) is 5.43 Å². The first kappa shape index (κ1) is 19.5. The van der Waals surface area contributed by atoms with Crippen LogP contribution < -0.4 is 11.0 Å². The first-order chi connectivity index (χ1) is 13.8. The molecule has 0 unspecified atom stereocenters. The first-order valence-electron chi connectivity index (χ1n) is 8.38. The fourth-order valence-corrected chi connectivity index (χ4v) is 2.63. The molecule has 3 rings (SSSR count). The monoisotopic (exact) mass is 396 g/mol. The fraction of sp³-hybridized carbons (Fsp3) is 0.111. The number of benzene rings is 2. The lowest BCUT2D eigenvalue weighted by Crippen LogP contribution is -2.17.